The first-order chi connectivity index (χ1) is 17.8. The van der Waals surface area contributed by atoms with Crippen molar-refractivity contribution in [3.8, 4) is 11.5 Å². The molecule has 9 heteroatoms. The molecule has 0 bridgehead atoms. The Kier molecular flexibility index (Phi) is 8.54. The minimum atomic E-state index is -0.425. The molecular formula is C28H37FN4O3S. The van der Waals surface area contributed by atoms with E-state index in [0.29, 0.717) is 48.4 Å². The van der Waals surface area contributed by atoms with Gasteiger partial charge in [-0.1, -0.05) is 38.5 Å². The molecule has 1 spiro atoms. The van der Waals surface area contributed by atoms with E-state index in [2.05, 4.69) is 29.4 Å². The van der Waals surface area contributed by atoms with E-state index in [9.17, 15) is 9.18 Å². The van der Waals surface area contributed by atoms with Crippen LogP contribution in [0.5, 0.6) is 11.5 Å². The minimum Gasteiger partial charge on any atom is -0.493 e. The molecule has 37 heavy (non-hydrogen) atoms. The van der Waals surface area contributed by atoms with E-state index >= 15 is 0 Å². The van der Waals surface area contributed by atoms with Crippen LogP contribution >= 0.6 is 12.2 Å². The zero-order valence-corrected chi connectivity index (χ0v) is 22.9. The number of rotatable bonds is 8. The Bertz CT molecular complexity index is 1120. The maximum Gasteiger partial charge on any atom is 0.241 e. The molecule has 2 fully saturated rings. The van der Waals surface area contributed by atoms with Gasteiger partial charge >= 0.3 is 0 Å². The summed E-state index contributed by atoms with van der Waals surface area (Å²) in [5, 5.41) is 7.27. The Morgan fingerprint density at radius 3 is 2.54 bits per heavy atom. The van der Waals surface area contributed by atoms with Crippen LogP contribution in [-0.2, 0) is 11.2 Å². The maximum absolute atomic E-state index is 14.1. The van der Waals surface area contributed by atoms with Crippen LogP contribution in [0.25, 0.3) is 0 Å². The van der Waals surface area contributed by atoms with Crippen molar-refractivity contribution in [1.82, 2.24) is 15.1 Å². The van der Waals surface area contributed by atoms with Gasteiger partial charge in [-0.25, -0.2) is 4.39 Å². The van der Waals surface area contributed by atoms with Gasteiger partial charge in [0.25, 0.3) is 0 Å². The second-order valence-electron chi connectivity index (χ2n) is 9.87. The average molecular weight is 529 g/mol. The Hall–Kier alpha value is -2.91. The smallest absolute Gasteiger partial charge is 0.241 e. The molecule has 1 amide bonds. The number of methoxy groups -OCH3 is 2. The number of nitrogens with one attached hydrogen (secondary N) is 2. The molecule has 0 aliphatic carbocycles. The van der Waals surface area contributed by atoms with Crippen LogP contribution in [-0.4, -0.2) is 66.4 Å². The highest BCUT2D eigenvalue weighted by atomic mass is 32.1. The minimum absolute atomic E-state index is 0.162. The molecule has 4 rings (SSSR count). The Balaban J connectivity index is 1.47. The molecule has 0 saturated carbocycles. The van der Waals surface area contributed by atoms with Crippen LogP contribution in [0.2, 0.25) is 0 Å². The van der Waals surface area contributed by atoms with Crippen LogP contribution in [0.4, 0.5) is 10.1 Å². The molecule has 2 saturated heterocycles. The normalized spacial score (nSPS) is 19.7. The first-order valence-electron chi connectivity index (χ1n) is 12.9. The van der Waals surface area contributed by atoms with Crippen molar-refractivity contribution in [3.63, 3.8) is 0 Å². The Morgan fingerprint density at radius 2 is 1.89 bits per heavy atom. The SMILES string of the molecule is CC[C@H](C)[C@H]1NC2(CCN(C(=S)Nc3ccccc3F)CC2)N(CCc2ccc(OC)c(OC)c2)C1=O. The number of ether oxygens (including phenoxy) is 2. The first kappa shape index (κ1) is 27.1. The van der Waals surface area contributed by atoms with Gasteiger partial charge in [-0.3, -0.25) is 10.1 Å². The number of anilines is 1. The Morgan fingerprint density at radius 1 is 1.19 bits per heavy atom. The molecular weight excluding hydrogens is 491 g/mol. The van der Waals surface area contributed by atoms with E-state index < -0.39 is 5.66 Å². The zero-order chi connectivity index (χ0) is 26.6. The van der Waals surface area contributed by atoms with Crippen molar-refractivity contribution in [2.24, 2.45) is 5.92 Å². The van der Waals surface area contributed by atoms with Crippen molar-refractivity contribution < 1.29 is 18.7 Å². The van der Waals surface area contributed by atoms with Crippen molar-refractivity contribution in [1.29, 1.82) is 0 Å². The number of hydrogen-bond acceptors (Lipinski definition) is 5. The van der Waals surface area contributed by atoms with E-state index in [1.165, 1.54) is 6.07 Å². The lowest BCUT2D eigenvalue weighted by Crippen LogP contribution is -2.60. The summed E-state index contributed by atoms with van der Waals surface area (Å²) in [4.78, 5) is 17.7. The van der Waals surface area contributed by atoms with Gasteiger partial charge in [-0.2, -0.15) is 0 Å². The fraction of sp³-hybridized carbons (Fsp3) is 0.500. The van der Waals surface area contributed by atoms with E-state index in [-0.39, 0.29) is 23.7 Å². The lowest BCUT2D eigenvalue weighted by atomic mass is 9.95. The maximum atomic E-state index is 14.1. The second kappa shape index (κ2) is 11.6. The number of carbonyl (C=O) groups is 1. The predicted octanol–water partition coefficient (Wildman–Crippen LogP) is 4.42. The van der Waals surface area contributed by atoms with E-state index in [0.717, 1.165) is 24.8 Å². The van der Waals surface area contributed by atoms with Gasteiger partial charge in [0.05, 0.1) is 31.6 Å². The van der Waals surface area contributed by atoms with E-state index in [1.807, 2.05) is 23.1 Å². The quantitative estimate of drug-likeness (QED) is 0.492. The van der Waals surface area contributed by atoms with Crippen LogP contribution < -0.4 is 20.1 Å². The number of halogens is 1. The second-order valence-corrected chi connectivity index (χ2v) is 10.3. The molecule has 0 unspecified atom stereocenters. The van der Waals surface area contributed by atoms with Gasteiger partial charge < -0.3 is 24.6 Å². The highest BCUT2D eigenvalue weighted by Crippen LogP contribution is 2.36. The summed E-state index contributed by atoms with van der Waals surface area (Å²) < 4.78 is 24.9. The summed E-state index contributed by atoms with van der Waals surface area (Å²) in [7, 11) is 3.25. The van der Waals surface area contributed by atoms with Crippen molar-refractivity contribution in [2.75, 3.05) is 39.2 Å². The van der Waals surface area contributed by atoms with E-state index in [4.69, 9.17) is 21.7 Å². The number of hydrogen-bond donors (Lipinski definition) is 2. The number of para-hydroxylation sites is 1. The molecule has 0 aromatic heterocycles. The number of likely N-dealkylation sites (tertiary alicyclic amines) is 1. The lowest BCUT2D eigenvalue weighted by molar-refractivity contribution is -0.133. The van der Waals surface area contributed by atoms with Crippen LogP contribution in [0.15, 0.2) is 42.5 Å². The number of benzene rings is 2. The monoisotopic (exact) mass is 528 g/mol. The highest BCUT2D eigenvalue weighted by Gasteiger charge is 2.52. The van der Waals surface area contributed by atoms with Gasteiger partial charge in [0, 0.05) is 32.5 Å². The predicted molar refractivity (Wildman–Crippen MR) is 148 cm³/mol. The summed E-state index contributed by atoms with van der Waals surface area (Å²) in [5.74, 6) is 1.43. The molecule has 2 atom stereocenters. The number of carbonyl (C=O) groups excluding carboxylic acids is 1. The first-order valence-corrected chi connectivity index (χ1v) is 13.3. The molecule has 7 nitrogen and oxygen atoms in total. The molecule has 200 valence electrons. The highest BCUT2D eigenvalue weighted by molar-refractivity contribution is 7.80. The number of nitrogens with zero attached hydrogens (tertiary/aromatic N) is 2. The van der Waals surface area contributed by atoms with Crippen LogP contribution in [0, 0.1) is 11.7 Å². The fourth-order valence-corrected chi connectivity index (χ4v) is 5.57. The molecule has 2 aliphatic rings. The summed E-state index contributed by atoms with van der Waals surface area (Å²) >= 11 is 5.60. The van der Waals surface area contributed by atoms with Gasteiger partial charge in [0.15, 0.2) is 16.6 Å². The molecule has 2 N–H and O–H groups in total. The van der Waals surface area contributed by atoms with Crippen LogP contribution in [0.3, 0.4) is 0 Å². The summed E-state index contributed by atoms with van der Waals surface area (Å²) in [6.45, 7) is 6.19. The average Bonchev–Trinajstić information content (AvgIpc) is 3.18. The van der Waals surface area contributed by atoms with Crippen LogP contribution in [0.1, 0.15) is 38.7 Å². The van der Waals surface area contributed by atoms with Gasteiger partial charge in [-0.15, -0.1) is 0 Å². The van der Waals surface area contributed by atoms with Crippen molar-refractivity contribution >= 4 is 28.9 Å². The third-order valence-electron chi connectivity index (χ3n) is 7.75. The van der Waals surface area contributed by atoms with E-state index in [1.54, 1.807) is 32.4 Å². The Labute approximate surface area is 224 Å². The van der Waals surface area contributed by atoms with Crippen molar-refractivity contribution in [3.05, 3.63) is 53.8 Å². The fourth-order valence-electron chi connectivity index (χ4n) is 5.28. The van der Waals surface area contributed by atoms with Gasteiger partial charge in [0.1, 0.15) is 5.82 Å². The number of thiocarbonyl (C=S) groups is 1. The molecule has 2 aromatic carbocycles. The molecule has 2 aromatic rings. The summed E-state index contributed by atoms with van der Waals surface area (Å²) in [6, 6.07) is 12.2. The topological polar surface area (TPSA) is 66.1 Å². The largest absolute Gasteiger partial charge is 0.493 e. The standard InChI is InChI=1S/C28H37FN4O3S/c1-5-19(2)25-26(34)33(15-12-20-10-11-23(35-3)24(18-20)36-4)28(31-25)13-16-32(17-14-28)27(37)30-22-9-7-6-8-21(22)29/h6-11,18-19,25,31H,5,12-17H2,1-4H3,(H,30,37)/t19-,25+/m0/s1. The van der Waals surface area contributed by atoms with Gasteiger partial charge in [0.2, 0.25) is 5.91 Å². The van der Waals surface area contributed by atoms with Gasteiger partial charge in [-0.05, 0) is 54.4 Å². The summed E-state index contributed by atoms with van der Waals surface area (Å²) in [6.07, 6.45) is 3.10. The van der Waals surface area contributed by atoms with Crippen molar-refractivity contribution in [2.45, 2.75) is 51.2 Å². The molecule has 2 heterocycles. The number of amides is 1. The molecule has 0 radical (unpaired) electrons. The summed E-state index contributed by atoms with van der Waals surface area (Å²) in [5.41, 5.74) is 1.03. The molecule has 2 aliphatic heterocycles. The third kappa shape index (κ3) is 5.67. The lowest BCUT2D eigenvalue weighted by Gasteiger charge is -2.45. The zero-order valence-electron chi connectivity index (χ0n) is 22.1. The third-order valence-corrected chi connectivity index (χ3v) is 8.11. The number of piperidine rings is 1.